The normalized spacial score (nSPS) is 19.6. The zero-order valence-corrected chi connectivity index (χ0v) is 17.1. The molecule has 0 unspecified atom stereocenters. The van der Waals surface area contributed by atoms with E-state index in [0.29, 0.717) is 28.1 Å². The average molecular weight is 415 g/mol. The minimum absolute atomic E-state index is 0.131. The number of amides is 1. The minimum Gasteiger partial charge on any atom is -0.493 e. The number of hydrogen-bond donors (Lipinski definition) is 1. The maximum absolute atomic E-state index is 13.0. The van der Waals surface area contributed by atoms with Crippen molar-refractivity contribution in [1.82, 2.24) is 5.32 Å². The molecule has 0 radical (unpaired) electrons. The molecule has 144 valence electrons. The van der Waals surface area contributed by atoms with Gasteiger partial charge in [0.15, 0.2) is 5.11 Å². The second-order valence-electron chi connectivity index (χ2n) is 6.67. The first-order chi connectivity index (χ1) is 13.5. The van der Waals surface area contributed by atoms with Crippen molar-refractivity contribution in [3.8, 4) is 11.5 Å². The van der Waals surface area contributed by atoms with Gasteiger partial charge in [-0.3, -0.25) is 9.69 Å². The second kappa shape index (κ2) is 7.45. The van der Waals surface area contributed by atoms with E-state index in [9.17, 15) is 4.79 Å². The Morgan fingerprint density at radius 3 is 2.82 bits per heavy atom. The number of halogens is 1. The van der Waals surface area contributed by atoms with E-state index in [2.05, 4.69) is 5.32 Å². The quantitative estimate of drug-likeness (QED) is 0.596. The number of benzene rings is 2. The van der Waals surface area contributed by atoms with E-state index in [0.717, 1.165) is 29.0 Å². The molecule has 0 aliphatic carbocycles. The molecule has 0 aromatic heterocycles. The third-order valence-corrected chi connectivity index (χ3v) is 5.13. The van der Waals surface area contributed by atoms with Crippen LogP contribution in [0.1, 0.15) is 25.0 Å². The van der Waals surface area contributed by atoms with Crippen LogP contribution in [0, 0.1) is 0 Å². The number of thiocarbonyl (C=S) groups is 1. The van der Waals surface area contributed by atoms with E-state index in [1.165, 1.54) is 4.90 Å². The summed E-state index contributed by atoms with van der Waals surface area (Å²) in [7, 11) is 0. The molecule has 2 heterocycles. The van der Waals surface area contributed by atoms with Gasteiger partial charge < -0.3 is 14.8 Å². The molecule has 7 heteroatoms. The summed E-state index contributed by atoms with van der Waals surface area (Å²) in [5, 5.41) is 3.92. The van der Waals surface area contributed by atoms with E-state index in [1.807, 2.05) is 26.0 Å². The lowest BCUT2D eigenvalue weighted by Gasteiger charge is -2.13. The number of carbonyl (C=O) groups is 1. The van der Waals surface area contributed by atoms with Gasteiger partial charge in [-0.25, -0.2) is 0 Å². The van der Waals surface area contributed by atoms with E-state index >= 15 is 0 Å². The number of carbonyl (C=O) groups excluding carboxylic acids is 1. The molecule has 1 atom stereocenters. The Bertz CT molecular complexity index is 988. The fourth-order valence-corrected chi connectivity index (χ4v) is 3.79. The Kier molecular flexibility index (Phi) is 5.00. The highest BCUT2D eigenvalue weighted by Gasteiger charge is 2.32. The molecule has 2 aliphatic heterocycles. The predicted octanol–water partition coefficient (Wildman–Crippen LogP) is 4.32. The lowest BCUT2D eigenvalue weighted by molar-refractivity contribution is -0.113. The van der Waals surface area contributed by atoms with Crippen LogP contribution in [0.25, 0.3) is 6.08 Å². The molecule has 0 saturated carbocycles. The maximum Gasteiger partial charge on any atom is 0.281 e. The molecular weight excluding hydrogens is 396 g/mol. The van der Waals surface area contributed by atoms with Crippen molar-refractivity contribution in [2.75, 3.05) is 11.5 Å². The lowest BCUT2D eigenvalue weighted by Crippen LogP contribution is -2.30. The van der Waals surface area contributed by atoms with Crippen molar-refractivity contribution < 1.29 is 14.3 Å². The van der Waals surface area contributed by atoms with Gasteiger partial charge in [-0.2, -0.15) is 0 Å². The van der Waals surface area contributed by atoms with E-state index < -0.39 is 0 Å². The van der Waals surface area contributed by atoms with Crippen molar-refractivity contribution in [3.63, 3.8) is 0 Å². The SMILES string of the molecule is CCOc1cc2c(cc1/C=C1\NC(=S)N(c3ccc(Cl)cc3)C1=O)O[C@@H](C)C2. The van der Waals surface area contributed by atoms with Crippen molar-refractivity contribution in [3.05, 3.63) is 58.2 Å². The number of nitrogens with one attached hydrogen (secondary N) is 1. The van der Waals surface area contributed by atoms with Crippen LogP contribution in [0.15, 0.2) is 42.1 Å². The van der Waals surface area contributed by atoms with Gasteiger partial charge in [-0.05, 0) is 68.5 Å². The van der Waals surface area contributed by atoms with Gasteiger partial charge in [-0.15, -0.1) is 0 Å². The van der Waals surface area contributed by atoms with Gasteiger partial charge in [0.2, 0.25) is 0 Å². The Hall–Kier alpha value is -2.57. The fraction of sp³-hybridized carbons (Fsp3) is 0.238. The Morgan fingerprint density at radius 2 is 2.11 bits per heavy atom. The smallest absolute Gasteiger partial charge is 0.281 e. The molecule has 1 fully saturated rings. The molecule has 2 aromatic carbocycles. The Balaban J connectivity index is 1.69. The highest BCUT2D eigenvalue weighted by atomic mass is 35.5. The topological polar surface area (TPSA) is 50.8 Å². The highest BCUT2D eigenvalue weighted by Crippen LogP contribution is 2.36. The van der Waals surface area contributed by atoms with Gasteiger partial charge >= 0.3 is 0 Å². The highest BCUT2D eigenvalue weighted by molar-refractivity contribution is 7.80. The first kappa shape index (κ1) is 18.8. The molecule has 1 N–H and O–H groups in total. The summed E-state index contributed by atoms with van der Waals surface area (Å²) in [5.74, 6) is 1.31. The molecule has 4 rings (SSSR count). The van der Waals surface area contributed by atoms with Crippen LogP contribution < -0.4 is 19.7 Å². The van der Waals surface area contributed by atoms with Crippen LogP contribution in [-0.4, -0.2) is 23.7 Å². The minimum atomic E-state index is -0.232. The summed E-state index contributed by atoms with van der Waals surface area (Å²) in [5.41, 5.74) is 2.92. The molecule has 0 spiro atoms. The number of rotatable bonds is 4. The molecule has 2 aromatic rings. The Labute approximate surface area is 173 Å². The van der Waals surface area contributed by atoms with E-state index in [4.69, 9.17) is 33.3 Å². The monoisotopic (exact) mass is 414 g/mol. The molecule has 1 saturated heterocycles. The summed E-state index contributed by atoms with van der Waals surface area (Å²) in [6.07, 6.45) is 2.73. The first-order valence-electron chi connectivity index (χ1n) is 9.05. The van der Waals surface area contributed by atoms with E-state index in [1.54, 1.807) is 30.3 Å². The van der Waals surface area contributed by atoms with Crippen LogP contribution in [0.4, 0.5) is 5.69 Å². The Morgan fingerprint density at radius 1 is 1.36 bits per heavy atom. The summed E-state index contributed by atoms with van der Waals surface area (Å²) < 4.78 is 11.7. The predicted molar refractivity (Wildman–Crippen MR) is 114 cm³/mol. The van der Waals surface area contributed by atoms with E-state index in [-0.39, 0.29) is 12.0 Å². The third kappa shape index (κ3) is 3.45. The summed E-state index contributed by atoms with van der Waals surface area (Å²) >= 11 is 11.3. The van der Waals surface area contributed by atoms with Gasteiger partial charge in [0.05, 0.1) is 12.3 Å². The molecule has 0 bridgehead atoms. The van der Waals surface area contributed by atoms with Gasteiger partial charge in [0.1, 0.15) is 23.3 Å². The fourth-order valence-electron chi connectivity index (χ4n) is 3.36. The number of anilines is 1. The van der Waals surface area contributed by atoms with Gasteiger partial charge in [0, 0.05) is 22.6 Å². The molecule has 5 nitrogen and oxygen atoms in total. The van der Waals surface area contributed by atoms with Crippen LogP contribution >= 0.6 is 23.8 Å². The molecular formula is C21H19ClN2O3S. The average Bonchev–Trinajstić information content (AvgIpc) is 3.14. The number of fused-ring (bicyclic) bond motifs is 1. The molecule has 2 aliphatic rings. The second-order valence-corrected chi connectivity index (χ2v) is 7.49. The third-order valence-electron chi connectivity index (χ3n) is 4.59. The van der Waals surface area contributed by atoms with Crippen molar-refractivity contribution in [2.45, 2.75) is 26.4 Å². The number of hydrogen-bond acceptors (Lipinski definition) is 4. The zero-order chi connectivity index (χ0) is 19.8. The van der Waals surface area contributed by atoms with Gasteiger partial charge in [-0.1, -0.05) is 11.6 Å². The van der Waals surface area contributed by atoms with Crippen molar-refractivity contribution in [1.29, 1.82) is 0 Å². The summed E-state index contributed by atoms with van der Waals surface area (Å²) in [6.45, 7) is 4.49. The molecule has 28 heavy (non-hydrogen) atoms. The van der Waals surface area contributed by atoms with Crippen LogP contribution in [-0.2, 0) is 11.2 Å². The van der Waals surface area contributed by atoms with Crippen LogP contribution in [0.3, 0.4) is 0 Å². The molecule has 1 amide bonds. The summed E-state index contributed by atoms with van der Waals surface area (Å²) in [6, 6.07) is 10.9. The number of nitrogens with zero attached hydrogens (tertiary/aromatic N) is 1. The first-order valence-corrected chi connectivity index (χ1v) is 9.84. The van der Waals surface area contributed by atoms with Crippen molar-refractivity contribution in [2.24, 2.45) is 0 Å². The van der Waals surface area contributed by atoms with Crippen LogP contribution in [0.2, 0.25) is 5.02 Å². The van der Waals surface area contributed by atoms with Crippen molar-refractivity contribution >= 4 is 46.6 Å². The summed E-state index contributed by atoms with van der Waals surface area (Å²) in [4.78, 5) is 14.4. The largest absolute Gasteiger partial charge is 0.493 e. The maximum atomic E-state index is 13.0. The van der Waals surface area contributed by atoms with Crippen LogP contribution in [0.5, 0.6) is 11.5 Å². The zero-order valence-electron chi connectivity index (χ0n) is 15.5. The lowest BCUT2D eigenvalue weighted by atomic mass is 10.1. The standard InChI is InChI=1S/C21H19ClN2O3S/c1-3-26-18-10-13-8-12(2)27-19(13)11-14(18)9-17-20(25)24(21(28)23-17)16-6-4-15(22)5-7-16/h4-7,9-12H,3,8H2,1-2H3,(H,23,28)/b17-9-/t12-/m0/s1. The van der Waals surface area contributed by atoms with Gasteiger partial charge in [0.25, 0.3) is 5.91 Å². The number of ether oxygens (including phenoxy) is 2.